The van der Waals surface area contributed by atoms with Crippen molar-refractivity contribution in [3.63, 3.8) is 0 Å². The van der Waals surface area contributed by atoms with Gasteiger partial charge in [0.15, 0.2) is 18.6 Å². The van der Waals surface area contributed by atoms with Crippen LogP contribution in [0.2, 0.25) is 0 Å². The van der Waals surface area contributed by atoms with Crippen molar-refractivity contribution in [1.82, 2.24) is 5.16 Å². The van der Waals surface area contributed by atoms with Crippen LogP contribution in [0.3, 0.4) is 0 Å². The summed E-state index contributed by atoms with van der Waals surface area (Å²) < 4.78 is 27.3. The molecule has 2 heterocycles. The summed E-state index contributed by atoms with van der Waals surface area (Å²) in [5.74, 6) is -0.107. The number of aromatic nitrogens is 2. The molecule has 0 bridgehead atoms. The molecule has 2 aromatic heterocycles. The lowest BCUT2D eigenvalue weighted by Gasteiger charge is -2.10. The van der Waals surface area contributed by atoms with Crippen LogP contribution in [-0.2, 0) is 22.7 Å². The van der Waals surface area contributed by atoms with Gasteiger partial charge in [-0.3, -0.25) is 9.42 Å². The van der Waals surface area contributed by atoms with E-state index in [1.54, 1.807) is 36.4 Å². The van der Waals surface area contributed by atoms with E-state index in [2.05, 4.69) is 5.16 Å². The van der Waals surface area contributed by atoms with E-state index in [4.69, 9.17) is 23.3 Å². The maximum Gasteiger partial charge on any atom is 0.344 e. The van der Waals surface area contributed by atoms with Crippen LogP contribution in [0.5, 0.6) is 17.2 Å². The van der Waals surface area contributed by atoms with Gasteiger partial charge in [0.05, 0.1) is 0 Å². The van der Waals surface area contributed by atoms with Crippen LogP contribution in [0, 0.1) is 5.21 Å². The van der Waals surface area contributed by atoms with Crippen LogP contribution in [0.1, 0.15) is 11.3 Å². The number of fused-ring (bicyclic) bond motifs is 1. The first-order chi connectivity index (χ1) is 21.4. The molecule has 44 heavy (non-hydrogen) atoms. The first kappa shape index (κ1) is 28.0. The molecule has 0 amide bonds. The maximum absolute atomic E-state index is 12.6. The molecule has 0 unspecified atom stereocenters. The Labute approximate surface area is 249 Å². The van der Waals surface area contributed by atoms with Crippen molar-refractivity contribution in [2.75, 3.05) is 6.61 Å². The monoisotopic (exact) mass is 592 g/mol. The number of nitrogens with zero attached hydrogens (tertiary/aromatic N) is 2. The fourth-order valence-corrected chi connectivity index (χ4v) is 4.50. The zero-order valence-corrected chi connectivity index (χ0v) is 23.0. The van der Waals surface area contributed by atoms with E-state index in [9.17, 15) is 19.9 Å². The van der Waals surface area contributed by atoms with Crippen molar-refractivity contribution < 1.29 is 38.1 Å². The highest BCUT2D eigenvalue weighted by Gasteiger charge is 2.21. The number of rotatable bonds is 10. The van der Waals surface area contributed by atoms with Crippen molar-refractivity contribution in [3.8, 4) is 39.8 Å². The number of hydrogen-bond acceptors (Lipinski definition) is 10. The van der Waals surface area contributed by atoms with E-state index >= 15 is 0 Å². The molecule has 0 atom stereocenters. The third-order valence-corrected chi connectivity index (χ3v) is 6.62. The number of carbonyl (C=O) groups is 1. The van der Waals surface area contributed by atoms with Crippen molar-refractivity contribution in [1.29, 1.82) is 0 Å². The third kappa shape index (κ3) is 6.21. The summed E-state index contributed by atoms with van der Waals surface area (Å²) in [5, 5.41) is 26.4. The van der Waals surface area contributed by atoms with Gasteiger partial charge in [0, 0.05) is 34.5 Å². The van der Waals surface area contributed by atoms with Gasteiger partial charge in [-0.1, -0.05) is 72.8 Å². The summed E-state index contributed by atoms with van der Waals surface area (Å²) in [5.41, 5.74) is 2.33. The van der Waals surface area contributed by atoms with Gasteiger partial charge in [-0.05, 0) is 22.6 Å². The van der Waals surface area contributed by atoms with E-state index < -0.39 is 18.0 Å². The Hall–Kier alpha value is -6.10. The van der Waals surface area contributed by atoms with Gasteiger partial charge < -0.3 is 28.9 Å². The standard InChI is InChI=1S/C33H24N2O9/c36-27-15-25(16-30-32(27)28(37)17-29(43-30)22-9-3-1-4-10-22)41-20-31(38)42-18-21-8-7-13-24(14-21)40-19-26-33(34-44-35(26)39)23-11-5-2-6-12-23/h1-17,36H,18-20H2. The van der Waals surface area contributed by atoms with Crippen LogP contribution in [0.15, 0.2) is 117 Å². The molecule has 0 radical (unpaired) electrons. The number of hydrogen-bond donors (Lipinski definition) is 1. The number of phenols is 1. The minimum absolute atomic E-state index is 0.00657. The van der Waals surface area contributed by atoms with Crippen molar-refractivity contribution in [2.24, 2.45) is 0 Å². The van der Waals surface area contributed by atoms with Crippen LogP contribution >= 0.6 is 0 Å². The zero-order valence-electron chi connectivity index (χ0n) is 23.0. The predicted molar refractivity (Wildman–Crippen MR) is 157 cm³/mol. The smallest absolute Gasteiger partial charge is 0.344 e. The van der Waals surface area contributed by atoms with E-state index in [1.807, 2.05) is 48.5 Å². The highest BCUT2D eigenvalue weighted by atomic mass is 16.8. The highest BCUT2D eigenvalue weighted by molar-refractivity contribution is 5.86. The van der Waals surface area contributed by atoms with Crippen LogP contribution in [-0.4, -0.2) is 22.8 Å². The molecule has 0 saturated heterocycles. The normalized spacial score (nSPS) is 10.9. The summed E-state index contributed by atoms with van der Waals surface area (Å²) in [6.07, 6.45) is 0. The molecule has 0 aliphatic heterocycles. The summed E-state index contributed by atoms with van der Waals surface area (Å²) in [7, 11) is 0. The summed E-state index contributed by atoms with van der Waals surface area (Å²) in [6, 6.07) is 29.0. The molecular weight excluding hydrogens is 568 g/mol. The lowest BCUT2D eigenvalue weighted by molar-refractivity contribution is -0.808. The molecule has 1 N–H and O–H groups in total. The lowest BCUT2D eigenvalue weighted by atomic mass is 10.1. The Morgan fingerprint density at radius 1 is 0.841 bits per heavy atom. The number of benzene rings is 4. The molecule has 0 spiro atoms. The second kappa shape index (κ2) is 12.4. The van der Waals surface area contributed by atoms with Crippen molar-refractivity contribution >= 4 is 16.9 Å². The second-order valence-electron chi connectivity index (χ2n) is 9.63. The Morgan fingerprint density at radius 2 is 1.59 bits per heavy atom. The molecule has 0 aliphatic rings. The zero-order chi connectivity index (χ0) is 30.5. The Bertz CT molecular complexity index is 1990. The molecule has 220 valence electrons. The Balaban J connectivity index is 1.06. The molecule has 4 aromatic carbocycles. The van der Waals surface area contributed by atoms with Gasteiger partial charge in [0.25, 0.3) is 5.69 Å². The molecule has 0 saturated carbocycles. The SMILES string of the molecule is O=C(COc1cc(O)c2c(=O)cc(-c3ccccc3)oc2c1)OCc1cccc(OCc2c(-c3ccccc3)no[n+]2[O-])c1. The van der Waals surface area contributed by atoms with E-state index in [-0.39, 0.29) is 41.4 Å². The number of carbonyl (C=O) groups excluding carboxylic acids is 1. The number of esters is 1. The number of aromatic hydroxyl groups is 1. The molecule has 6 rings (SSSR count). The fourth-order valence-electron chi connectivity index (χ4n) is 4.50. The summed E-state index contributed by atoms with van der Waals surface area (Å²) in [4.78, 5) is 25.4. The number of phenolic OH excluding ortho intramolecular Hbond substituents is 1. The summed E-state index contributed by atoms with van der Waals surface area (Å²) >= 11 is 0. The molecular formula is C33H24N2O9. The van der Waals surface area contributed by atoms with Crippen LogP contribution < -0.4 is 19.8 Å². The van der Waals surface area contributed by atoms with Gasteiger partial charge in [-0.15, -0.1) is 0 Å². The van der Waals surface area contributed by atoms with Gasteiger partial charge >= 0.3 is 5.97 Å². The fraction of sp³-hybridized carbons (Fsp3) is 0.0909. The van der Waals surface area contributed by atoms with Crippen molar-refractivity contribution in [2.45, 2.75) is 13.2 Å². The Morgan fingerprint density at radius 3 is 2.36 bits per heavy atom. The molecule has 0 aliphatic carbocycles. The van der Waals surface area contributed by atoms with Gasteiger partial charge in [0.1, 0.15) is 40.6 Å². The summed E-state index contributed by atoms with van der Waals surface area (Å²) in [6.45, 7) is -0.620. The van der Waals surface area contributed by atoms with E-state index in [1.165, 1.54) is 18.2 Å². The lowest BCUT2D eigenvalue weighted by Crippen LogP contribution is -2.29. The largest absolute Gasteiger partial charge is 0.507 e. The third-order valence-electron chi connectivity index (χ3n) is 6.62. The minimum atomic E-state index is -0.667. The minimum Gasteiger partial charge on any atom is -0.507 e. The predicted octanol–water partition coefficient (Wildman–Crippen LogP) is 5.16. The topological polar surface area (TPSA) is 148 Å². The van der Waals surface area contributed by atoms with Gasteiger partial charge in [-0.25, -0.2) is 4.79 Å². The second-order valence-corrected chi connectivity index (χ2v) is 9.63. The van der Waals surface area contributed by atoms with Crippen molar-refractivity contribution in [3.05, 3.63) is 130 Å². The number of ether oxygens (including phenoxy) is 3. The van der Waals surface area contributed by atoms with Crippen LogP contribution in [0.25, 0.3) is 33.6 Å². The van der Waals surface area contributed by atoms with E-state index in [0.717, 1.165) is 0 Å². The first-order valence-electron chi connectivity index (χ1n) is 13.4. The van der Waals surface area contributed by atoms with Crippen LogP contribution in [0.4, 0.5) is 0 Å². The molecule has 6 aromatic rings. The highest BCUT2D eigenvalue weighted by Crippen LogP contribution is 2.31. The molecule has 0 fully saturated rings. The quantitative estimate of drug-likeness (QED) is 0.167. The maximum atomic E-state index is 12.6. The molecule has 11 heteroatoms. The first-order valence-corrected chi connectivity index (χ1v) is 13.4. The molecule has 11 nitrogen and oxygen atoms in total. The average molecular weight is 593 g/mol. The average Bonchev–Trinajstić information content (AvgIpc) is 3.42. The van der Waals surface area contributed by atoms with E-state index in [0.29, 0.717) is 38.8 Å². The Kier molecular flexibility index (Phi) is 7.91. The van der Waals surface area contributed by atoms with Gasteiger partial charge in [-0.2, -0.15) is 0 Å². The van der Waals surface area contributed by atoms with Gasteiger partial charge in [0.2, 0.25) is 5.69 Å².